The van der Waals surface area contributed by atoms with Gasteiger partial charge >= 0.3 is 0 Å². The number of nitrogens with zero attached hydrogens (tertiary/aromatic N) is 3. The maximum Gasteiger partial charge on any atom is 0.264 e. The van der Waals surface area contributed by atoms with E-state index in [4.69, 9.17) is 11.6 Å². The van der Waals surface area contributed by atoms with Crippen LogP contribution in [0, 0.1) is 20.8 Å². The Morgan fingerprint density at radius 1 is 1.09 bits per heavy atom. The molecule has 2 aromatic carbocycles. The molecule has 164 valence electrons. The Kier molecular flexibility index (Phi) is 6.04. The molecule has 0 saturated carbocycles. The lowest BCUT2D eigenvalue weighted by Gasteiger charge is -2.17. The minimum absolute atomic E-state index is 0.0414. The first-order valence-corrected chi connectivity index (χ1v) is 11.3. The highest BCUT2D eigenvalue weighted by Gasteiger charge is 2.21. The molecule has 6 nitrogen and oxygen atoms in total. The van der Waals surface area contributed by atoms with Crippen molar-refractivity contribution in [1.82, 2.24) is 14.7 Å². The van der Waals surface area contributed by atoms with Crippen molar-refractivity contribution in [2.45, 2.75) is 20.8 Å². The molecule has 0 saturated heterocycles. The lowest BCUT2D eigenvalue weighted by Crippen LogP contribution is -2.34. The molecular formula is C24H23ClN4O2S. The fourth-order valence-electron chi connectivity index (χ4n) is 3.60. The van der Waals surface area contributed by atoms with E-state index in [-0.39, 0.29) is 18.4 Å². The smallest absolute Gasteiger partial charge is 0.264 e. The molecule has 4 rings (SSSR count). The monoisotopic (exact) mass is 466 g/mol. The van der Waals surface area contributed by atoms with E-state index in [9.17, 15) is 9.59 Å². The second kappa shape index (κ2) is 8.76. The number of hydrogen-bond donors (Lipinski definition) is 1. The highest BCUT2D eigenvalue weighted by Crippen LogP contribution is 2.31. The normalized spacial score (nSPS) is 11.0. The molecule has 8 heteroatoms. The zero-order valence-electron chi connectivity index (χ0n) is 18.3. The lowest BCUT2D eigenvalue weighted by molar-refractivity contribution is -0.116. The Morgan fingerprint density at radius 2 is 1.78 bits per heavy atom. The molecule has 0 fully saturated rings. The maximum absolute atomic E-state index is 13.1. The van der Waals surface area contributed by atoms with Crippen LogP contribution in [0.4, 0.5) is 5.69 Å². The zero-order chi connectivity index (χ0) is 23.0. The summed E-state index contributed by atoms with van der Waals surface area (Å²) in [6.07, 6.45) is 0. The van der Waals surface area contributed by atoms with Gasteiger partial charge in [0, 0.05) is 23.1 Å². The van der Waals surface area contributed by atoms with Gasteiger partial charge in [-0.15, -0.1) is 11.3 Å². The summed E-state index contributed by atoms with van der Waals surface area (Å²) in [5.41, 5.74) is 4.41. The molecule has 0 radical (unpaired) electrons. The van der Waals surface area contributed by atoms with Gasteiger partial charge < -0.3 is 10.2 Å². The number of likely N-dealkylation sites (N-methyl/N-ethyl adjacent to an activating group) is 1. The van der Waals surface area contributed by atoms with Crippen LogP contribution in [0.1, 0.15) is 26.5 Å². The summed E-state index contributed by atoms with van der Waals surface area (Å²) in [6, 6.07) is 15.1. The van der Waals surface area contributed by atoms with Crippen LogP contribution in [-0.4, -0.2) is 40.1 Å². The van der Waals surface area contributed by atoms with Crippen molar-refractivity contribution in [1.29, 1.82) is 0 Å². The highest BCUT2D eigenvalue weighted by molar-refractivity contribution is 7.20. The van der Waals surface area contributed by atoms with Crippen molar-refractivity contribution >= 4 is 50.7 Å². The van der Waals surface area contributed by atoms with Crippen LogP contribution in [0.25, 0.3) is 15.9 Å². The van der Waals surface area contributed by atoms with Gasteiger partial charge in [0.25, 0.3) is 5.91 Å². The largest absolute Gasteiger partial charge is 0.332 e. The van der Waals surface area contributed by atoms with Crippen LogP contribution in [-0.2, 0) is 4.79 Å². The summed E-state index contributed by atoms with van der Waals surface area (Å²) in [5, 5.41) is 9.05. The van der Waals surface area contributed by atoms with E-state index in [1.807, 2.05) is 63.2 Å². The molecular weight excluding hydrogens is 444 g/mol. The number of hydrogen-bond acceptors (Lipinski definition) is 4. The Hall–Kier alpha value is -3.16. The van der Waals surface area contributed by atoms with E-state index in [0.717, 1.165) is 38.4 Å². The predicted octanol–water partition coefficient (Wildman–Crippen LogP) is 5.38. The van der Waals surface area contributed by atoms with E-state index in [2.05, 4.69) is 10.4 Å². The van der Waals surface area contributed by atoms with Gasteiger partial charge in [0.1, 0.15) is 4.83 Å². The second-order valence-corrected chi connectivity index (χ2v) is 9.25. The third-order valence-corrected chi connectivity index (χ3v) is 6.61. The predicted molar refractivity (Wildman–Crippen MR) is 130 cm³/mol. The molecule has 0 bridgehead atoms. The fraction of sp³-hybridized carbons (Fsp3) is 0.208. The van der Waals surface area contributed by atoms with Gasteiger partial charge in [-0.2, -0.15) is 5.10 Å². The number of nitrogens with one attached hydrogen (secondary N) is 1. The third-order valence-electron chi connectivity index (χ3n) is 5.28. The number of halogens is 1. The number of para-hydroxylation sites is 1. The zero-order valence-corrected chi connectivity index (χ0v) is 19.8. The number of amides is 2. The van der Waals surface area contributed by atoms with Gasteiger partial charge in [-0.25, -0.2) is 4.68 Å². The van der Waals surface area contributed by atoms with Crippen molar-refractivity contribution in [3.63, 3.8) is 0 Å². The van der Waals surface area contributed by atoms with Crippen molar-refractivity contribution in [3.8, 4) is 5.69 Å². The molecule has 2 heterocycles. The SMILES string of the molecule is Cc1cccc(C)c1NC(=O)CN(C)C(=O)c1cc2c(C)nn(-c3cccc(Cl)c3)c2s1. The second-order valence-electron chi connectivity index (χ2n) is 7.78. The van der Waals surface area contributed by atoms with Gasteiger partial charge in [0.05, 0.1) is 22.8 Å². The molecule has 32 heavy (non-hydrogen) atoms. The number of benzene rings is 2. The Bertz CT molecular complexity index is 1320. The summed E-state index contributed by atoms with van der Waals surface area (Å²) in [5.74, 6) is -0.444. The summed E-state index contributed by atoms with van der Waals surface area (Å²) in [7, 11) is 1.63. The number of anilines is 1. The van der Waals surface area contributed by atoms with Crippen LogP contribution in [0.2, 0.25) is 5.02 Å². The molecule has 0 aliphatic rings. The Labute approximate surface area is 195 Å². The van der Waals surface area contributed by atoms with Gasteiger partial charge in [-0.1, -0.05) is 35.9 Å². The molecule has 0 unspecified atom stereocenters. The van der Waals surface area contributed by atoms with E-state index in [0.29, 0.717) is 9.90 Å². The van der Waals surface area contributed by atoms with E-state index in [1.165, 1.54) is 16.2 Å². The number of rotatable bonds is 5. The van der Waals surface area contributed by atoms with Gasteiger partial charge in [-0.05, 0) is 56.2 Å². The molecule has 1 N–H and O–H groups in total. The van der Waals surface area contributed by atoms with Crippen molar-refractivity contribution in [2.24, 2.45) is 0 Å². The minimum atomic E-state index is -0.236. The first kappa shape index (κ1) is 22.0. The van der Waals surface area contributed by atoms with E-state index < -0.39 is 0 Å². The third kappa shape index (κ3) is 4.26. The van der Waals surface area contributed by atoms with Crippen molar-refractivity contribution < 1.29 is 9.59 Å². The first-order valence-electron chi connectivity index (χ1n) is 10.1. The molecule has 0 aliphatic carbocycles. The molecule has 0 spiro atoms. The Balaban J connectivity index is 1.54. The number of aryl methyl sites for hydroxylation is 3. The molecule has 4 aromatic rings. The molecule has 2 aromatic heterocycles. The van der Waals surface area contributed by atoms with E-state index in [1.54, 1.807) is 17.8 Å². The van der Waals surface area contributed by atoms with Crippen molar-refractivity contribution in [2.75, 3.05) is 18.9 Å². The summed E-state index contributed by atoms with van der Waals surface area (Å²) in [4.78, 5) is 28.5. The molecule has 2 amide bonds. The summed E-state index contributed by atoms with van der Waals surface area (Å²) in [6.45, 7) is 5.76. The highest BCUT2D eigenvalue weighted by atomic mass is 35.5. The standard InChI is InChI=1S/C24H23ClN4O2S/c1-14-7-5-8-15(2)22(14)26-21(30)13-28(4)23(31)20-12-19-16(3)27-29(24(19)32-20)18-10-6-9-17(25)11-18/h5-12H,13H2,1-4H3,(H,26,30). The van der Waals surface area contributed by atoms with Gasteiger partial charge in [-0.3, -0.25) is 9.59 Å². The number of aromatic nitrogens is 2. The maximum atomic E-state index is 13.1. The number of carbonyl (C=O) groups excluding carboxylic acids is 2. The van der Waals surface area contributed by atoms with Crippen LogP contribution in [0.15, 0.2) is 48.5 Å². The van der Waals surface area contributed by atoms with Gasteiger partial charge in [0.2, 0.25) is 5.91 Å². The fourth-order valence-corrected chi connectivity index (χ4v) is 4.96. The van der Waals surface area contributed by atoms with Gasteiger partial charge in [0.15, 0.2) is 0 Å². The van der Waals surface area contributed by atoms with Crippen LogP contribution in [0.3, 0.4) is 0 Å². The average molecular weight is 467 g/mol. The van der Waals surface area contributed by atoms with E-state index >= 15 is 0 Å². The number of thiophene rings is 1. The van der Waals surface area contributed by atoms with Crippen LogP contribution >= 0.6 is 22.9 Å². The minimum Gasteiger partial charge on any atom is -0.332 e. The topological polar surface area (TPSA) is 67.2 Å². The first-order chi connectivity index (χ1) is 15.2. The van der Waals surface area contributed by atoms with Crippen LogP contribution < -0.4 is 5.32 Å². The number of fused-ring (bicyclic) bond motifs is 1. The molecule has 0 aliphatic heterocycles. The average Bonchev–Trinajstić information content (AvgIpc) is 3.31. The van der Waals surface area contributed by atoms with Crippen LogP contribution in [0.5, 0.6) is 0 Å². The summed E-state index contributed by atoms with van der Waals surface area (Å²) < 4.78 is 1.80. The molecule has 0 atom stereocenters. The Morgan fingerprint density at radius 3 is 2.47 bits per heavy atom. The quantitative estimate of drug-likeness (QED) is 0.429. The summed E-state index contributed by atoms with van der Waals surface area (Å²) >= 11 is 7.49. The number of carbonyl (C=O) groups is 2. The van der Waals surface area contributed by atoms with Crippen molar-refractivity contribution in [3.05, 3.63) is 75.3 Å². The lowest BCUT2D eigenvalue weighted by atomic mass is 10.1.